The van der Waals surface area contributed by atoms with Crippen molar-refractivity contribution in [3.05, 3.63) is 53.2 Å². The number of anilines is 1. The van der Waals surface area contributed by atoms with Crippen LogP contribution in [0.15, 0.2) is 36.4 Å². The molecule has 0 bridgehead atoms. The Morgan fingerprint density at radius 2 is 1.68 bits per heavy atom. The summed E-state index contributed by atoms with van der Waals surface area (Å²) in [4.78, 5) is 35.5. The second-order valence-corrected chi connectivity index (χ2v) is 13.7. The minimum atomic E-state index is -4.65. The number of aromatic nitrogens is 1. The van der Waals surface area contributed by atoms with Gasteiger partial charge in [0, 0.05) is 57.1 Å². The summed E-state index contributed by atoms with van der Waals surface area (Å²) in [5.41, 5.74) is -1.85. The van der Waals surface area contributed by atoms with Crippen LogP contribution in [0.5, 0.6) is 5.75 Å². The van der Waals surface area contributed by atoms with Gasteiger partial charge in [-0.3, -0.25) is 14.5 Å². The molecule has 4 atom stereocenters. The smallest absolute Gasteiger partial charge is 0.433 e. The number of methoxy groups -OCH3 is 1. The fourth-order valence-electron chi connectivity index (χ4n) is 8.38. The van der Waals surface area contributed by atoms with Crippen LogP contribution in [0.1, 0.15) is 80.5 Å². The van der Waals surface area contributed by atoms with Crippen LogP contribution in [-0.2, 0) is 15.8 Å². The molecule has 0 unspecified atom stereocenters. The number of carboxylic acid groups (broad SMARTS) is 1. The number of halogens is 4. The number of likely N-dealkylation sites (tertiary alicyclic amines) is 2. The lowest BCUT2D eigenvalue weighted by Gasteiger charge is -2.34. The van der Waals surface area contributed by atoms with Crippen molar-refractivity contribution in [3.63, 3.8) is 0 Å². The van der Waals surface area contributed by atoms with Gasteiger partial charge in [-0.1, -0.05) is 44.4 Å². The maximum Gasteiger partial charge on any atom is 0.433 e. The monoisotopic (exact) mass is 660 g/mol. The predicted octanol–water partition coefficient (Wildman–Crippen LogP) is 6.11. The lowest BCUT2D eigenvalue weighted by atomic mass is 9.85. The number of rotatable bonds is 8. The van der Waals surface area contributed by atoms with Crippen molar-refractivity contribution < 1.29 is 37.0 Å². The number of piperidine rings is 1. The van der Waals surface area contributed by atoms with E-state index >= 15 is 4.39 Å². The highest BCUT2D eigenvalue weighted by atomic mass is 19.4. The molecule has 2 aromatic rings. The number of ether oxygens (including phenoxy) is 1. The highest BCUT2D eigenvalue weighted by Gasteiger charge is 2.57. The normalized spacial score (nSPS) is 27.9. The van der Waals surface area contributed by atoms with E-state index in [9.17, 15) is 27.9 Å². The van der Waals surface area contributed by atoms with Gasteiger partial charge < -0.3 is 19.6 Å². The van der Waals surface area contributed by atoms with Crippen LogP contribution in [0, 0.1) is 11.8 Å². The van der Waals surface area contributed by atoms with Gasteiger partial charge in [-0.25, -0.2) is 9.37 Å². The van der Waals surface area contributed by atoms with Crippen molar-refractivity contribution in [2.75, 3.05) is 51.3 Å². The van der Waals surface area contributed by atoms with E-state index in [1.54, 1.807) is 29.0 Å². The molecule has 1 aromatic heterocycles. The molecule has 1 aromatic carbocycles. The summed E-state index contributed by atoms with van der Waals surface area (Å²) >= 11 is 0. The van der Waals surface area contributed by atoms with Crippen molar-refractivity contribution >= 4 is 17.7 Å². The second kappa shape index (κ2) is 13.2. The molecule has 4 heterocycles. The van der Waals surface area contributed by atoms with Crippen molar-refractivity contribution in [1.29, 1.82) is 0 Å². The van der Waals surface area contributed by atoms with E-state index in [-0.39, 0.29) is 49.9 Å². The summed E-state index contributed by atoms with van der Waals surface area (Å²) in [5, 5.41) is 9.46. The molecule has 1 N–H and O–H groups in total. The third kappa shape index (κ3) is 6.54. The summed E-state index contributed by atoms with van der Waals surface area (Å²) in [5.74, 6) is -2.33. The van der Waals surface area contributed by atoms with Crippen LogP contribution < -0.4 is 9.64 Å². The van der Waals surface area contributed by atoms with Crippen LogP contribution in [0.2, 0.25) is 0 Å². The van der Waals surface area contributed by atoms with E-state index in [0.717, 1.165) is 37.3 Å². The number of carbonyl (C=O) groups is 2. The van der Waals surface area contributed by atoms with Gasteiger partial charge in [-0.05, 0) is 60.9 Å². The Morgan fingerprint density at radius 1 is 1.00 bits per heavy atom. The number of benzene rings is 1. The molecule has 1 aliphatic carbocycles. The minimum absolute atomic E-state index is 0.0107. The highest BCUT2D eigenvalue weighted by molar-refractivity contribution is 5.88. The molecule has 4 fully saturated rings. The quantitative estimate of drug-likeness (QED) is 0.342. The molecule has 0 radical (unpaired) electrons. The summed E-state index contributed by atoms with van der Waals surface area (Å²) in [6.45, 7) is 3.42. The van der Waals surface area contributed by atoms with E-state index in [4.69, 9.17) is 4.74 Å². The Balaban J connectivity index is 1.30. The van der Waals surface area contributed by atoms with Crippen LogP contribution in [0.3, 0.4) is 0 Å². The van der Waals surface area contributed by atoms with Crippen LogP contribution in [0.4, 0.5) is 23.4 Å². The Morgan fingerprint density at radius 3 is 2.28 bits per heavy atom. The van der Waals surface area contributed by atoms with E-state index in [2.05, 4.69) is 9.88 Å². The summed E-state index contributed by atoms with van der Waals surface area (Å²) in [6, 6.07) is 9.91. The van der Waals surface area contributed by atoms with Crippen LogP contribution in [-0.4, -0.2) is 89.9 Å². The Hall–Kier alpha value is -3.41. The topological polar surface area (TPSA) is 86.2 Å². The maximum atomic E-state index is 17.6. The molecule has 256 valence electrons. The lowest BCUT2D eigenvalue weighted by Crippen LogP contribution is -2.50. The first-order chi connectivity index (χ1) is 22.4. The first-order valence-electron chi connectivity index (χ1n) is 16.8. The van der Waals surface area contributed by atoms with Crippen LogP contribution in [0.25, 0.3) is 0 Å². The van der Waals surface area contributed by atoms with Crippen LogP contribution >= 0.6 is 0 Å². The van der Waals surface area contributed by atoms with Gasteiger partial charge in [-0.2, -0.15) is 13.2 Å². The van der Waals surface area contributed by atoms with E-state index < -0.39 is 41.3 Å². The van der Waals surface area contributed by atoms with Crippen molar-refractivity contribution in [2.24, 2.45) is 11.8 Å². The van der Waals surface area contributed by atoms with Crippen molar-refractivity contribution in [1.82, 2.24) is 14.8 Å². The van der Waals surface area contributed by atoms with E-state index in [1.165, 1.54) is 6.07 Å². The zero-order valence-corrected chi connectivity index (χ0v) is 27.0. The Kier molecular flexibility index (Phi) is 9.43. The molecular weight excluding hydrogens is 616 g/mol. The van der Waals surface area contributed by atoms with E-state index in [0.29, 0.717) is 43.7 Å². The summed E-state index contributed by atoms with van der Waals surface area (Å²) < 4.78 is 64.4. The maximum absolute atomic E-state index is 17.6. The molecule has 0 spiro atoms. The highest BCUT2D eigenvalue weighted by Crippen LogP contribution is 2.47. The number of hydrogen-bond donors (Lipinski definition) is 1. The third-order valence-electron chi connectivity index (χ3n) is 11.1. The average Bonchev–Trinajstić information content (AvgIpc) is 3.83. The molecule has 1 saturated carbocycles. The molecule has 6 rings (SSSR count). The number of nitrogens with zero attached hydrogens (tertiary/aromatic N) is 4. The molecule has 3 saturated heterocycles. The first kappa shape index (κ1) is 33.5. The third-order valence-corrected chi connectivity index (χ3v) is 11.1. The largest absolute Gasteiger partial charge is 0.497 e. The Labute approximate surface area is 273 Å². The molecule has 4 aliphatic rings. The molecule has 12 heteroatoms. The fraction of sp³-hybridized carbons (Fsp3) is 0.629. The van der Waals surface area contributed by atoms with Gasteiger partial charge in [0.25, 0.3) is 5.91 Å². The van der Waals surface area contributed by atoms with Gasteiger partial charge in [0.2, 0.25) is 5.67 Å². The number of carbonyl (C=O) groups excluding carboxylic acids is 1. The number of amides is 1. The SMILES string of the molecule is CC[C@H]1CN(C(=O)[C@]2(F)CN(C3CCCC3)C[C@H]2c2ccc(OC)cc2)C[C@@H]1c1ccc(C(F)(F)F)nc1N1CCC(C(=O)O)CC1. The van der Waals surface area contributed by atoms with Gasteiger partial charge in [0.15, 0.2) is 0 Å². The molecule has 8 nitrogen and oxygen atoms in total. The van der Waals surface area contributed by atoms with E-state index in [1.807, 2.05) is 19.1 Å². The Bertz CT molecular complexity index is 1440. The van der Waals surface area contributed by atoms with Crippen molar-refractivity contribution in [2.45, 2.75) is 81.6 Å². The molecule has 47 heavy (non-hydrogen) atoms. The number of alkyl halides is 4. The fourth-order valence-corrected chi connectivity index (χ4v) is 8.38. The van der Waals surface area contributed by atoms with Gasteiger partial charge in [-0.15, -0.1) is 0 Å². The average molecular weight is 661 g/mol. The number of carboxylic acids is 1. The summed E-state index contributed by atoms with van der Waals surface area (Å²) in [7, 11) is 1.57. The van der Waals surface area contributed by atoms with Gasteiger partial charge >= 0.3 is 12.1 Å². The predicted molar refractivity (Wildman–Crippen MR) is 168 cm³/mol. The molecular formula is C35H44F4N4O4. The van der Waals surface area contributed by atoms with Crippen molar-refractivity contribution in [3.8, 4) is 5.75 Å². The zero-order chi connectivity index (χ0) is 33.5. The standard InChI is InChI=1S/C35H44F4N4O4/c1-3-22-18-42(19-28(22)27-12-13-30(35(37,38)39)40-31(27)41-16-14-24(15-17-41)32(44)45)33(46)34(36)21-43(25-6-4-5-7-25)20-29(34)23-8-10-26(47-2)11-9-23/h8-13,22,24-25,28-29H,3-7,14-21H2,1-2H3,(H,44,45)/t22-,28-,29-,34-/m0/s1. The number of pyridine rings is 1. The minimum Gasteiger partial charge on any atom is -0.497 e. The van der Waals surface area contributed by atoms with Gasteiger partial charge in [0.05, 0.1) is 13.0 Å². The summed E-state index contributed by atoms with van der Waals surface area (Å²) in [6.07, 6.45) is 0.732. The number of aliphatic carboxylic acids is 1. The second-order valence-electron chi connectivity index (χ2n) is 13.7. The molecule has 3 aliphatic heterocycles. The van der Waals surface area contributed by atoms with Gasteiger partial charge in [0.1, 0.15) is 17.3 Å². The number of hydrogen-bond acceptors (Lipinski definition) is 6. The first-order valence-corrected chi connectivity index (χ1v) is 16.8. The molecule has 1 amide bonds. The lowest BCUT2D eigenvalue weighted by molar-refractivity contribution is -0.143. The zero-order valence-electron chi connectivity index (χ0n) is 27.0.